The highest BCUT2D eigenvalue weighted by Gasteiger charge is 2.27. The van der Waals surface area contributed by atoms with E-state index in [0.29, 0.717) is 5.57 Å². The number of ether oxygens (including phenoxy) is 1. The molecule has 0 fully saturated rings. The smallest absolute Gasteiger partial charge is 0.339 e. The van der Waals surface area contributed by atoms with Gasteiger partial charge in [0.1, 0.15) is 6.61 Å². The van der Waals surface area contributed by atoms with Crippen LogP contribution in [0.1, 0.15) is 11.1 Å². The molecule has 0 spiro atoms. The lowest BCUT2D eigenvalue weighted by Gasteiger charge is -2.06. The highest BCUT2D eigenvalue weighted by molar-refractivity contribution is 9.10. The summed E-state index contributed by atoms with van der Waals surface area (Å²) in [6.07, 6.45) is 1.16. The molecule has 118 valence electrons. The van der Waals surface area contributed by atoms with Gasteiger partial charge in [-0.15, -0.1) is 0 Å². The fourth-order valence-electron chi connectivity index (χ4n) is 2.44. The van der Waals surface area contributed by atoms with Gasteiger partial charge in [0, 0.05) is 16.3 Å². The topological polar surface area (TPSA) is 60.4 Å². The summed E-state index contributed by atoms with van der Waals surface area (Å²) in [6.45, 7) is 0.183. The van der Waals surface area contributed by atoms with Crippen LogP contribution in [0.3, 0.4) is 0 Å². The summed E-state index contributed by atoms with van der Waals surface area (Å²) in [6, 6.07) is 13.9. The van der Waals surface area contributed by atoms with Gasteiger partial charge < -0.3 is 4.74 Å². The lowest BCUT2D eigenvalue weighted by Crippen LogP contribution is -1.98. The van der Waals surface area contributed by atoms with E-state index in [1.165, 1.54) is 0 Å². The van der Waals surface area contributed by atoms with Crippen LogP contribution in [0.4, 0.5) is 0 Å². The van der Waals surface area contributed by atoms with Gasteiger partial charge >= 0.3 is 5.97 Å². The molecule has 0 atom stereocenters. The molecule has 23 heavy (non-hydrogen) atoms. The lowest BCUT2D eigenvalue weighted by atomic mass is 9.97. The van der Waals surface area contributed by atoms with E-state index < -0.39 is 9.84 Å². The van der Waals surface area contributed by atoms with Gasteiger partial charge in [0.2, 0.25) is 0 Å². The molecule has 1 aliphatic rings. The minimum Gasteiger partial charge on any atom is -0.457 e. The highest BCUT2D eigenvalue weighted by Crippen LogP contribution is 2.33. The van der Waals surface area contributed by atoms with E-state index >= 15 is 0 Å². The molecule has 0 saturated heterocycles. The van der Waals surface area contributed by atoms with Crippen molar-refractivity contribution in [3.05, 3.63) is 64.1 Å². The van der Waals surface area contributed by atoms with Crippen molar-refractivity contribution >= 4 is 42.9 Å². The number of rotatable bonds is 3. The molecule has 2 aromatic carbocycles. The predicted molar refractivity (Wildman–Crippen MR) is 91.5 cm³/mol. The Balaban J connectivity index is 2.08. The van der Waals surface area contributed by atoms with Gasteiger partial charge in [-0.05, 0) is 35.4 Å². The second kappa shape index (κ2) is 5.94. The largest absolute Gasteiger partial charge is 0.457 e. The molecule has 0 aliphatic carbocycles. The lowest BCUT2D eigenvalue weighted by molar-refractivity contribution is -0.133. The van der Waals surface area contributed by atoms with Gasteiger partial charge in [0.25, 0.3) is 0 Å². The minimum atomic E-state index is -3.24. The van der Waals surface area contributed by atoms with Gasteiger partial charge in [-0.3, -0.25) is 0 Å². The third-order valence-corrected chi connectivity index (χ3v) is 5.27. The number of hydrogen-bond donors (Lipinski definition) is 0. The molecule has 0 radical (unpaired) electrons. The Bertz CT molecular complexity index is 895. The maximum atomic E-state index is 12.1. The van der Waals surface area contributed by atoms with E-state index in [2.05, 4.69) is 15.9 Å². The summed E-state index contributed by atoms with van der Waals surface area (Å²) < 4.78 is 29.2. The predicted octanol–water partition coefficient (Wildman–Crippen LogP) is 3.32. The van der Waals surface area contributed by atoms with Crippen molar-refractivity contribution in [3.63, 3.8) is 0 Å². The van der Waals surface area contributed by atoms with Crippen LogP contribution >= 0.6 is 15.9 Å². The normalized spacial score (nSPS) is 15.0. The highest BCUT2D eigenvalue weighted by atomic mass is 79.9. The molecule has 0 saturated carbocycles. The second-order valence-electron chi connectivity index (χ2n) is 5.23. The maximum Gasteiger partial charge on any atom is 0.339 e. The van der Waals surface area contributed by atoms with Crippen LogP contribution in [-0.2, 0) is 19.4 Å². The third kappa shape index (κ3) is 3.23. The molecular weight excluding hydrogens is 380 g/mol. The summed E-state index contributed by atoms with van der Waals surface area (Å²) in [5.41, 5.74) is 2.83. The zero-order chi connectivity index (χ0) is 16.6. The van der Waals surface area contributed by atoms with E-state index in [1.807, 2.05) is 24.3 Å². The van der Waals surface area contributed by atoms with Crippen molar-refractivity contribution in [2.75, 3.05) is 12.9 Å². The number of cyclic esters (lactones) is 1. The molecule has 0 bridgehead atoms. The summed E-state index contributed by atoms with van der Waals surface area (Å²) in [5, 5.41) is 0. The fourth-order valence-corrected chi connectivity index (χ4v) is 3.34. The van der Waals surface area contributed by atoms with Crippen LogP contribution in [0.25, 0.3) is 11.1 Å². The van der Waals surface area contributed by atoms with Crippen LogP contribution in [0.2, 0.25) is 0 Å². The van der Waals surface area contributed by atoms with E-state index in [0.717, 1.165) is 27.4 Å². The van der Waals surface area contributed by atoms with Crippen molar-refractivity contribution in [1.82, 2.24) is 0 Å². The van der Waals surface area contributed by atoms with Crippen molar-refractivity contribution in [1.29, 1.82) is 0 Å². The fraction of sp³-hybridized carbons (Fsp3) is 0.118. The Morgan fingerprint density at radius 3 is 2.09 bits per heavy atom. The molecule has 4 nitrogen and oxygen atoms in total. The number of esters is 1. The Morgan fingerprint density at radius 2 is 1.52 bits per heavy atom. The van der Waals surface area contributed by atoms with E-state index in [-0.39, 0.29) is 17.5 Å². The Labute approximate surface area is 142 Å². The van der Waals surface area contributed by atoms with Gasteiger partial charge in [-0.1, -0.05) is 40.2 Å². The summed E-state index contributed by atoms with van der Waals surface area (Å²) in [4.78, 5) is 12.3. The van der Waals surface area contributed by atoms with Crippen molar-refractivity contribution in [3.8, 4) is 0 Å². The summed E-state index contributed by atoms with van der Waals surface area (Å²) in [5.74, 6) is -0.366. The van der Waals surface area contributed by atoms with E-state index in [9.17, 15) is 13.2 Å². The monoisotopic (exact) mass is 392 g/mol. The number of carbonyl (C=O) groups is 1. The molecule has 1 heterocycles. The number of benzene rings is 2. The van der Waals surface area contributed by atoms with Gasteiger partial charge in [0.15, 0.2) is 9.84 Å². The van der Waals surface area contributed by atoms with E-state index in [4.69, 9.17) is 4.74 Å². The maximum absolute atomic E-state index is 12.1. The molecule has 0 amide bonds. The zero-order valence-electron chi connectivity index (χ0n) is 12.2. The molecular formula is C17H13BrO4S. The molecule has 0 aromatic heterocycles. The zero-order valence-corrected chi connectivity index (χ0v) is 14.6. The SMILES string of the molecule is CS(=O)(=O)c1ccc(C2=C(c3ccc(Br)cc3)C(=O)OC2)cc1. The first-order valence-electron chi connectivity index (χ1n) is 6.83. The first kappa shape index (κ1) is 16.0. The third-order valence-electron chi connectivity index (χ3n) is 3.62. The van der Waals surface area contributed by atoms with Gasteiger partial charge in [-0.25, -0.2) is 13.2 Å². The summed E-state index contributed by atoms with van der Waals surface area (Å²) >= 11 is 3.37. The van der Waals surface area contributed by atoms with E-state index in [1.54, 1.807) is 24.3 Å². The molecule has 6 heteroatoms. The van der Waals surface area contributed by atoms with Crippen LogP contribution in [0.5, 0.6) is 0 Å². The quantitative estimate of drug-likeness (QED) is 0.751. The van der Waals surface area contributed by atoms with Crippen LogP contribution in [0.15, 0.2) is 57.9 Å². The molecule has 2 aromatic rings. The first-order valence-corrected chi connectivity index (χ1v) is 9.51. The van der Waals surface area contributed by atoms with Crippen LogP contribution < -0.4 is 0 Å². The van der Waals surface area contributed by atoms with Gasteiger partial charge in [-0.2, -0.15) is 0 Å². The van der Waals surface area contributed by atoms with Crippen LogP contribution in [0, 0.1) is 0 Å². The Kier molecular flexibility index (Phi) is 4.12. The van der Waals surface area contributed by atoms with Crippen LogP contribution in [-0.4, -0.2) is 27.2 Å². The standard InChI is InChI=1S/C17H13BrO4S/c1-23(20,21)14-8-4-11(5-9-14)15-10-22-17(19)16(15)12-2-6-13(18)7-3-12/h2-9H,10H2,1H3. The Morgan fingerprint density at radius 1 is 0.957 bits per heavy atom. The Hall–Kier alpha value is -1.92. The average molecular weight is 393 g/mol. The second-order valence-corrected chi connectivity index (χ2v) is 8.16. The number of carbonyl (C=O) groups excluding carboxylic acids is 1. The number of hydrogen-bond acceptors (Lipinski definition) is 4. The summed E-state index contributed by atoms with van der Waals surface area (Å²) in [7, 11) is -3.24. The number of halogens is 1. The molecule has 0 unspecified atom stereocenters. The van der Waals surface area contributed by atoms with Crippen molar-refractivity contribution < 1.29 is 17.9 Å². The average Bonchev–Trinajstić information content (AvgIpc) is 2.89. The molecule has 3 rings (SSSR count). The molecule has 0 N–H and O–H groups in total. The van der Waals surface area contributed by atoms with Gasteiger partial charge in [0.05, 0.1) is 10.5 Å². The van der Waals surface area contributed by atoms with Crippen molar-refractivity contribution in [2.24, 2.45) is 0 Å². The molecule has 1 aliphatic heterocycles. The van der Waals surface area contributed by atoms with Crippen molar-refractivity contribution in [2.45, 2.75) is 4.90 Å². The minimum absolute atomic E-state index is 0.183. The first-order chi connectivity index (χ1) is 10.9. The number of sulfone groups is 1.